The monoisotopic (exact) mass is 185 g/mol. The van der Waals surface area contributed by atoms with Crippen LogP contribution in [0.1, 0.15) is 39.5 Å². The molecule has 2 heteroatoms. The number of aliphatic hydroxyl groups is 1. The Hall–Kier alpha value is -0.0800. The third-order valence-corrected chi connectivity index (χ3v) is 3.31. The molecule has 0 saturated carbocycles. The number of likely N-dealkylation sites (tertiary alicyclic amines) is 1. The zero-order valence-corrected chi connectivity index (χ0v) is 9.00. The van der Waals surface area contributed by atoms with Crippen molar-refractivity contribution in [1.29, 1.82) is 0 Å². The summed E-state index contributed by atoms with van der Waals surface area (Å²) in [6, 6.07) is 0.781. The maximum Gasteiger partial charge on any atom is 0.0434 e. The largest absolute Gasteiger partial charge is 0.396 e. The number of nitrogens with zero attached hydrogens (tertiary/aromatic N) is 1. The van der Waals surface area contributed by atoms with Crippen molar-refractivity contribution in [3.8, 4) is 0 Å². The zero-order valence-electron chi connectivity index (χ0n) is 9.00. The summed E-state index contributed by atoms with van der Waals surface area (Å²) in [7, 11) is 0. The van der Waals surface area contributed by atoms with Crippen LogP contribution >= 0.6 is 0 Å². The van der Waals surface area contributed by atoms with Gasteiger partial charge < -0.3 is 10.0 Å². The van der Waals surface area contributed by atoms with Crippen LogP contribution in [0.15, 0.2) is 0 Å². The van der Waals surface area contributed by atoms with Gasteiger partial charge in [0.25, 0.3) is 0 Å². The molecular formula is C11H23NO. The van der Waals surface area contributed by atoms with Crippen molar-refractivity contribution >= 4 is 0 Å². The van der Waals surface area contributed by atoms with E-state index in [0.717, 1.165) is 18.4 Å². The Morgan fingerprint density at radius 3 is 2.62 bits per heavy atom. The number of hydrogen-bond acceptors (Lipinski definition) is 2. The predicted molar refractivity (Wildman–Crippen MR) is 55.8 cm³/mol. The second kappa shape index (κ2) is 5.61. The van der Waals surface area contributed by atoms with E-state index < -0.39 is 0 Å². The highest BCUT2D eigenvalue weighted by Crippen LogP contribution is 2.23. The van der Waals surface area contributed by atoms with Crippen LogP contribution in [0.2, 0.25) is 0 Å². The first-order valence-electron chi connectivity index (χ1n) is 5.66. The summed E-state index contributed by atoms with van der Waals surface area (Å²) in [4.78, 5) is 2.60. The molecule has 1 aliphatic rings. The Labute approximate surface area is 81.9 Å². The van der Waals surface area contributed by atoms with Gasteiger partial charge in [-0.25, -0.2) is 0 Å². The van der Waals surface area contributed by atoms with Crippen molar-refractivity contribution < 1.29 is 5.11 Å². The molecule has 1 atom stereocenters. The summed E-state index contributed by atoms with van der Waals surface area (Å²) in [6.07, 6.45) is 4.82. The van der Waals surface area contributed by atoms with Crippen LogP contribution in [0.25, 0.3) is 0 Å². The third-order valence-electron chi connectivity index (χ3n) is 3.31. The van der Waals surface area contributed by atoms with Gasteiger partial charge in [-0.3, -0.25) is 0 Å². The van der Waals surface area contributed by atoms with E-state index in [1.165, 1.54) is 32.4 Å². The Morgan fingerprint density at radius 1 is 1.38 bits per heavy atom. The Morgan fingerprint density at radius 2 is 2.08 bits per heavy atom. The molecule has 0 spiro atoms. The molecule has 1 saturated heterocycles. The molecule has 0 aromatic heterocycles. The lowest BCUT2D eigenvalue weighted by Gasteiger charge is -2.25. The first kappa shape index (κ1) is 11.0. The Balaban J connectivity index is 2.30. The maximum absolute atomic E-state index is 8.85. The van der Waals surface area contributed by atoms with Crippen molar-refractivity contribution in [2.75, 3.05) is 19.7 Å². The summed E-state index contributed by atoms with van der Waals surface area (Å²) in [5, 5.41) is 8.85. The minimum absolute atomic E-state index is 0.363. The van der Waals surface area contributed by atoms with Crippen LogP contribution in [0, 0.1) is 5.92 Å². The molecule has 1 N–H and O–H groups in total. The summed E-state index contributed by atoms with van der Waals surface area (Å²) in [5.74, 6) is 0.755. The second-order valence-corrected chi connectivity index (χ2v) is 4.13. The SMILES string of the molecule is CCC(CC)N1CCC(CCO)C1. The average Bonchev–Trinajstić information content (AvgIpc) is 2.56. The van der Waals surface area contributed by atoms with Crippen molar-refractivity contribution in [1.82, 2.24) is 4.90 Å². The van der Waals surface area contributed by atoms with Crippen LogP contribution < -0.4 is 0 Å². The molecule has 0 aromatic rings. The van der Waals surface area contributed by atoms with E-state index >= 15 is 0 Å². The van der Waals surface area contributed by atoms with Crippen LogP contribution in [-0.4, -0.2) is 35.7 Å². The van der Waals surface area contributed by atoms with Gasteiger partial charge in [0.1, 0.15) is 0 Å². The molecule has 0 aromatic carbocycles. The lowest BCUT2D eigenvalue weighted by atomic mass is 10.1. The molecule has 1 rings (SSSR count). The first-order valence-corrected chi connectivity index (χ1v) is 5.66. The van der Waals surface area contributed by atoms with Crippen molar-refractivity contribution in [2.24, 2.45) is 5.92 Å². The minimum atomic E-state index is 0.363. The molecule has 2 nitrogen and oxygen atoms in total. The second-order valence-electron chi connectivity index (χ2n) is 4.13. The number of rotatable bonds is 5. The zero-order chi connectivity index (χ0) is 9.68. The average molecular weight is 185 g/mol. The topological polar surface area (TPSA) is 23.5 Å². The molecule has 1 fully saturated rings. The van der Waals surface area contributed by atoms with E-state index in [4.69, 9.17) is 5.11 Å². The quantitative estimate of drug-likeness (QED) is 0.707. The van der Waals surface area contributed by atoms with E-state index in [2.05, 4.69) is 18.7 Å². The van der Waals surface area contributed by atoms with Crippen LogP contribution in [-0.2, 0) is 0 Å². The lowest BCUT2D eigenvalue weighted by molar-refractivity contribution is 0.209. The van der Waals surface area contributed by atoms with Gasteiger partial charge in [0.2, 0.25) is 0 Å². The van der Waals surface area contributed by atoms with Gasteiger partial charge in [-0.05, 0) is 38.1 Å². The predicted octanol–water partition coefficient (Wildman–Crippen LogP) is 1.88. The fraction of sp³-hybridized carbons (Fsp3) is 1.00. The first-order chi connectivity index (χ1) is 6.31. The fourth-order valence-corrected chi connectivity index (χ4v) is 2.42. The van der Waals surface area contributed by atoms with Crippen molar-refractivity contribution in [3.63, 3.8) is 0 Å². The molecule has 0 radical (unpaired) electrons. The molecule has 0 amide bonds. The van der Waals surface area contributed by atoms with Gasteiger partial charge >= 0.3 is 0 Å². The van der Waals surface area contributed by atoms with Gasteiger partial charge in [-0.15, -0.1) is 0 Å². The van der Waals surface area contributed by atoms with Crippen LogP contribution in [0.5, 0.6) is 0 Å². The van der Waals surface area contributed by atoms with E-state index in [-0.39, 0.29) is 0 Å². The van der Waals surface area contributed by atoms with Gasteiger partial charge in [0.05, 0.1) is 0 Å². The highest BCUT2D eigenvalue weighted by molar-refractivity contribution is 4.80. The Bertz CT molecular complexity index is 134. The smallest absolute Gasteiger partial charge is 0.0434 e. The minimum Gasteiger partial charge on any atom is -0.396 e. The molecule has 1 heterocycles. The van der Waals surface area contributed by atoms with Crippen molar-refractivity contribution in [3.05, 3.63) is 0 Å². The molecule has 13 heavy (non-hydrogen) atoms. The van der Waals surface area contributed by atoms with Gasteiger partial charge in [0, 0.05) is 19.2 Å². The molecule has 1 aliphatic heterocycles. The molecular weight excluding hydrogens is 162 g/mol. The van der Waals surface area contributed by atoms with Gasteiger partial charge in [-0.2, -0.15) is 0 Å². The number of hydrogen-bond donors (Lipinski definition) is 1. The molecule has 1 unspecified atom stereocenters. The molecule has 78 valence electrons. The summed E-state index contributed by atoms with van der Waals surface area (Å²) < 4.78 is 0. The lowest BCUT2D eigenvalue weighted by Crippen LogP contribution is -2.32. The molecule has 0 bridgehead atoms. The van der Waals surface area contributed by atoms with E-state index in [1.807, 2.05) is 0 Å². The van der Waals surface area contributed by atoms with Crippen LogP contribution in [0.3, 0.4) is 0 Å². The van der Waals surface area contributed by atoms with Gasteiger partial charge in [-0.1, -0.05) is 13.8 Å². The van der Waals surface area contributed by atoms with E-state index in [1.54, 1.807) is 0 Å². The summed E-state index contributed by atoms with van der Waals surface area (Å²) in [6.45, 7) is 7.37. The number of aliphatic hydroxyl groups excluding tert-OH is 1. The summed E-state index contributed by atoms with van der Waals surface area (Å²) >= 11 is 0. The third kappa shape index (κ3) is 2.96. The van der Waals surface area contributed by atoms with Crippen molar-refractivity contribution in [2.45, 2.75) is 45.6 Å². The fourth-order valence-electron chi connectivity index (χ4n) is 2.42. The van der Waals surface area contributed by atoms with E-state index in [0.29, 0.717) is 6.61 Å². The standard InChI is InChI=1S/C11H23NO/c1-3-11(4-2)12-7-5-10(9-12)6-8-13/h10-11,13H,3-9H2,1-2H3. The summed E-state index contributed by atoms with van der Waals surface area (Å²) in [5.41, 5.74) is 0. The van der Waals surface area contributed by atoms with E-state index in [9.17, 15) is 0 Å². The Kier molecular flexibility index (Phi) is 4.74. The molecule has 0 aliphatic carbocycles. The maximum atomic E-state index is 8.85. The normalized spacial score (nSPS) is 24.5. The van der Waals surface area contributed by atoms with Gasteiger partial charge in [0.15, 0.2) is 0 Å². The van der Waals surface area contributed by atoms with Crippen LogP contribution in [0.4, 0.5) is 0 Å². The highest BCUT2D eigenvalue weighted by Gasteiger charge is 2.25. The highest BCUT2D eigenvalue weighted by atomic mass is 16.3.